The van der Waals surface area contributed by atoms with Crippen molar-refractivity contribution in [1.82, 2.24) is 4.98 Å². The zero-order valence-electron chi connectivity index (χ0n) is 11.6. The Bertz CT molecular complexity index is 542. The molecule has 1 heterocycles. The number of hydrogen-bond donors (Lipinski definition) is 1. The molecule has 106 valence electrons. The third kappa shape index (κ3) is 4.31. The molecule has 3 nitrogen and oxygen atoms in total. The van der Waals surface area contributed by atoms with Crippen LogP contribution in [0, 0.1) is 5.82 Å². The summed E-state index contributed by atoms with van der Waals surface area (Å²) >= 11 is 0. The largest absolute Gasteiger partial charge is 0.490 e. The maximum Gasteiger partial charge on any atom is 0.137 e. The number of nitrogens with zero attached hydrogens (tertiary/aromatic N) is 1. The minimum absolute atomic E-state index is 0.134. The quantitative estimate of drug-likeness (QED) is 0.881. The lowest BCUT2D eigenvalue weighted by atomic mass is 10.1. The number of benzene rings is 1. The van der Waals surface area contributed by atoms with E-state index >= 15 is 0 Å². The van der Waals surface area contributed by atoms with Crippen LogP contribution in [0.1, 0.15) is 18.1 Å². The summed E-state index contributed by atoms with van der Waals surface area (Å²) in [5.41, 5.74) is 8.16. The van der Waals surface area contributed by atoms with Crippen LogP contribution in [0.25, 0.3) is 0 Å². The topological polar surface area (TPSA) is 48.1 Å². The third-order valence-electron chi connectivity index (χ3n) is 3.05. The molecule has 0 radical (unpaired) electrons. The fraction of sp³-hybridized carbons (Fsp3) is 0.312. The highest BCUT2D eigenvalue weighted by atomic mass is 19.1. The monoisotopic (exact) mass is 274 g/mol. The summed E-state index contributed by atoms with van der Waals surface area (Å²) in [6.07, 6.45) is 5.09. The van der Waals surface area contributed by atoms with Gasteiger partial charge in [0.1, 0.15) is 18.2 Å². The first-order valence-corrected chi connectivity index (χ1v) is 6.74. The number of halogens is 1. The summed E-state index contributed by atoms with van der Waals surface area (Å²) < 4.78 is 18.4. The highest BCUT2D eigenvalue weighted by Gasteiger charge is 2.06. The Labute approximate surface area is 118 Å². The number of rotatable bonds is 6. The molecule has 1 unspecified atom stereocenters. The van der Waals surface area contributed by atoms with Crippen molar-refractivity contribution in [2.24, 2.45) is 5.73 Å². The molecule has 0 fully saturated rings. The normalized spacial score (nSPS) is 12.2. The van der Waals surface area contributed by atoms with Crippen molar-refractivity contribution < 1.29 is 9.13 Å². The number of pyridine rings is 1. The van der Waals surface area contributed by atoms with Gasteiger partial charge >= 0.3 is 0 Å². The SMILES string of the molecule is CCc1cncc(OCC(N)Cc2ccc(F)cc2)c1. The van der Waals surface area contributed by atoms with Gasteiger partial charge in [-0.05, 0) is 42.2 Å². The van der Waals surface area contributed by atoms with Crippen molar-refractivity contribution in [3.8, 4) is 5.75 Å². The Morgan fingerprint density at radius 2 is 1.95 bits per heavy atom. The van der Waals surface area contributed by atoms with Gasteiger partial charge in [-0.25, -0.2) is 4.39 Å². The molecule has 0 saturated carbocycles. The van der Waals surface area contributed by atoms with Gasteiger partial charge < -0.3 is 10.5 Å². The average molecular weight is 274 g/mol. The molecule has 0 saturated heterocycles. The third-order valence-corrected chi connectivity index (χ3v) is 3.05. The molecule has 2 N–H and O–H groups in total. The second-order valence-electron chi connectivity index (χ2n) is 4.78. The van der Waals surface area contributed by atoms with E-state index in [2.05, 4.69) is 11.9 Å². The van der Waals surface area contributed by atoms with Gasteiger partial charge in [0.05, 0.1) is 6.20 Å². The summed E-state index contributed by atoms with van der Waals surface area (Å²) in [5.74, 6) is 0.500. The van der Waals surface area contributed by atoms with Gasteiger partial charge in [-0.2, -0.15) is 0 Å². The van der Waals surface area contributed by atoms with Gasteiger partial charge in [0.25, 0.3) is 0 Å². The second-order valence-corrected chi connectivity index (χ2v) is 4.78. The summed E-state index contributed by atoms with van der Waals surface area (Å²) in [5, 5.41) is 0. The van der Waals surface area contributed by atoms with Crippen LogP contribution in [0.15, 0.2) is 42.7 Å². The lowest BCUT2D eigenvalue weighted by molar-refractivity contribution is 0.286. The number of ether oxygens (including phenoxy) is 1. The number of aryl methyl sites for hydroxylation is 1. The Morgan fingerprint density at radius 1 is 1.20 bits per heavy atom. The van der Waals surface area contributed by atoms with Gasteiger partial charge in [-0.15, -0.1) is 0 Å². The molecular weight excluding hydrogens is 255 g/mol. The van der Waals surface area contributed by atoms with Gasteiger partial charge in [-0.1, -0.05) is 19.1 Å². The van der Waals surface area contributed by atoms with Crippen LogP contribution in [0.4, 0.5) is 4.39 Å². The molecule has 0 amide bonds. The standard InChI is InChI=1S/C16H19FN2O/c1-2-12-8-16(10-19-9-12)20-11-15(18)7-13-3-5-14(17)6-4-13/h3-6,8-10,15H,2,7,11,18H2,1H3. The molecular formula is C16H19FN2O. The van der Waals surface area contributed by atoms with Crippen molar-refractivity contribution in [3.63, 3.8) is 0 Å². The molecule has 2 aromatic rings. The van der Waals surface area contributed by atoms with Gasteiger partial charge in [0.15, 0.2) is 0 Å². The number of hydrogen-bond acceptors (Lipinski definition) is 3. The summed E-state index contributed by atoms with van der Waals surface area (Å²) in [7, 11) is 0. The predicted molar refractivity (Wildman–Crippen MR) is 77.2 cm³/mol. The Kier molecular flexibility index (Phi) is 5.07. The molecule has 4 heteroatoms. The Balaban J connectivity index is 1.85. The van der Waals surface area contributed by atoms with Crippen LogP contribution < -0.4 is 10.5 Å². The Morgan fingerprint density at radius 3 is 2.65 bits per heavy atom. The first-order chi connectivity index (χ1) is 9.67. The van der Waals surface area contributed by atoms with E-state index in [1.165, 1.54) is 12.1 Å². The highest BCUT2D eigenvalue weighted by Crippen LogP contribution is 2.12. The van der Waals surface area contributed by atoms with Crippen molar-refractivity contribution in [2.45, 2.75) is 25.8 Å². The summed E-state index contributed by atoms with van der Waals surface area (Å²) in [6.45, 7) is 2.48. The average Bonchev–Trinajstić information content (AvgIpc) is 2.48. The van der Waals surface area contributed by atoms with Crippen LogP contribution in [-0.4, -0.2) is 17.6 Å². The maximum atomic E-state index is 12.8. The molecule has 0 aliphatic heterocycles. The van der Waals surface area contributed by atoms with Crippen LogP contribution in [0.3, 0.4) is 0 Å². The smallest absolute Gasteiger partial charge is 0.137 e. The van der Waals surface area contributed by atoms with E-state index in [1.54, 1.807) is 18.3 Å². The first-order valence-electron chi connectivity index (χ1n) is 6.74. The van der Waals surface area contributed by atoms with E-state index in [1.807, 2.05) is 12.3 Å². The lowest BCUT2D eigenvalue weighted by Gasteiger charge is -2.13. The minimum Gasteiger partial charge on any atom is -0.490 e. The molecule has 0 bridgehead atoms. The molecule has 0 spiro atoms. The van der Waals surface area contributed by atoms with E-state index in [4.69, 9.17) is 10.5 Å². The predicted octanol–water partition coefficient (Wildman–Crippen LogP) is 2.73. The number of nitrogens with two attached hydrogens (primary N) is 1. The van der Waals surface area contributed by atoms with Gasteiger partial charge in [0.2, 0.25) is 0 Å². The van der Waals surface area contributed by atoms with E-state index in [0.717, 1.165) is 23.3 Å². The van der Waals surface area contributed by atoms with E-state index in [9.17, 15) is 4.39 Å². The fourth-order valence-corrected chi connectivity index (χ4v) is 1.92. The van der Waals surface area contributed by atoms with Crippen molar-refractivity contribution in [3.05, 3.63) is 59.7 Å². The van der Waals surface area contributed by atoms with E-state index < -0.39 is 0 Å². The molecule has 1 aromatic carbocycles. The zero-order chi connectivity index (χ0) is 14.4. The van der Waals surface area contributed by atoms with Crippen LogP contribution in [0.5, 0.6) is 5.75 Å². The molecule has 20 heavy (non-hydrogen) atoms. The van der Waals surface area contributed by atoms with Gasteiger partial charge in [0, 0.05) is 12.2 Å². The zero-order valence-corrected chi connectivity index (χ0v) is 11.6. The number of aromatic nitrogens is 1. The van der Waals surface area contributed by atoms with Crippen molar-refractivity contribution >= 4 is 0 Å². The Hall–Kier alpha value is -1.94. The second kappa shape index (κ2) is 7.01. The molecule has 0 aliphatic carbocycles. The van der Waals surface area contributed by atoms with Crippen molar-refractivity contribution in [2.75, 3.05) is 6.61 Å². The maximum absolute atomic E-state index is 12.8. The fourth-order valence-electron chi connectivity index (χ4n) is 1.92. The highest BCUT2D eigenvalue weighted by molar-refractivity contribution is 5.23. The minimum atomic E-state index is -0.235. The molecule has 2 rings (SSSR count). The summed E-state index contributed by atoms with van der Waals surface area (Å²) in [4.78, 5) is 4.12. The van der Waals surface area contributed by atoms with Crippen molar-refractivity contribution in [1.29, 1.82) is 0 Å². The summed E-state index contributed by atoms with van der Waals surface area (Å²) in [6, 6.07) is 8.21. The molecule has 1 atom stereocenters. The first kappa shape index (κ1) is 14.5. The van der Waals surface area contributed by atoms with Crippen LogP contribution in [0.2, 0.25) is 0 Å². The van der Waals surface area contributed by atoms with Gasteiger partial charge in [-0.3, -0.25) is 4.98 Å². The van der Waals surface area contributed by atoms with Crippen LogP contribution >= 0.6 is 0 Å². The van der Waals surface area contributed by atoms with E-state index in [-0.39, 0.29) is 11.9 Å². The van der Waals surface area contributed by atoms with E-state index in [0.29, 0.717) is 13.0 Å². The molecule has 1 aromatic heterocycles. The molecule has 0 aliphatic rings. The van der Waals surface area contributed by atoms with Crippen LogP contribution in [-0.2, 0) is 12.8 Å². The lowest BCUT2D eigenvalue weighted by Crippen LogP contribution is -2.30.